The van der Waals surface area contributed by atoms with Crippen molar-refractivity contribution in [2.24, 2.45) is 0 Å². The molecule has 108 valence electrons. The van der Waals surface area contributed by atoms with Crippen molar-refractivity contribution in [1.29, 1.82) is 0 Å². The second kappa shape index (κ2) is 8.98. The van der Waals surface area contributed by atoms with Crippen LogP contribution >= 0.6 is 0 Å². The lowest BCUT2D eigenvalue weighted by molar-refractivity contribution is 0.215. The van der Waals surface area contributed by atoms with Gasteiger partial charge in [0.1, 0.15) is 0 Å². The number of unbranched alkanes of at least 4 members (excludes halogenated alkanes) is 2. The van der Waals surface area contributed by atoms with Crippen molar-refractivity contribution >= 4 is 5.69 Å². The molecule has 0 bridgehead atoms. The summed E-state index contributed by atoms with van der Waals surface area (Å²) in [6.45, 7) is 9.29. The number of nitrogens with two attached hydrogens (primary N) is 1. The Hall–Kier alpha value is -1.02. The van der Waals surface area contributed by atoms with E-state index in [1.807, 2.05) is 12.1 Å². The normalized spacial score (nSPS) is 11.4. The third kappa shape index (κ3) is 6.63. The molecule has 0 spiro atoms. The molecule has 2 nitrogen and oxygen atoms in total. The first-order chi connectivity index (χ1) is 9.13. The molecule has 0 atom stereocenters. The Morgan fingerprint density at radius 2 is 1.84 bits per heavy atom. The summed E-state index contributed by atoms with van der Waals surface area (Å²) in [5.74, 6) is 0. The Morgan fingerprint density at radius 1 is 1.11 bits per heavy atom. The van der Waals surface area contributed by atoms with Crippen molar-refractivity contribution in [3.05, 3.63) is 29.8 Å². The summed E-state index contributed by atoms with van der Waals surface area (Å²) in [4.78, 5) is 2.60. The van der Waals surface area contributed by atoms with Crippen LogP contribution in [0.4, 0.5) is 5.69 Å². The molecule has 0 saturated carbocycles. The first kappa shape index (κ1) is 16.0. The minimum absolute atomic E-state index is 0.651. The highest BCUT2D eigenvalue weighted by atomic mass is 15.1. The van der Waals surface area contributed by atoms with Crippen LogP contribution in [0, 0.1) is 0 Å². The molecule has 1 aromatic carbocycles. The lowest BCUT2D eigenvalue weighted by Gasteiger charge is -2.26. The average Bonchev–Trinajstić information content (AvgIpc) is 2.37. The van der Waals surface area contributed by atoms with E-state index in [4.69, 9.17) is 5.73 Å². The maximum atomic E-state index is 5.81. The zero-order valence-electron chi connectivity index (χ0n) is 12.9. The first-order valence-corrected chi connectivity index (χ1v) is 7.72. The highest BCUT2D eigenvalue weighted by molar-refractivity contribution is 5.40. The SMILES string of the molecule is CCCCCN(CCCc1cccc(N)c1)C(C)C. The Kier molecular flexibility index (Phi) is 7.57. The Balaban J connectivity index is 2.31. The summed E-state index contributed by atoms with van der Waals surface area (Å²) in [6.07, 6.45) is 6.32. The molecule has 1 rings (SSSR count). The van der Waals surface area contributed by atoms with Gasteiger partial charge in [-0.25, -0.2) is 0 Å². The second-order valence-corrected chi connectivity index (χ2v) is 5.69. The molecule has 19 heavy (non-hydrogen) atoms. The van der Waals surface area contributed by atoms with E-state index in [0.29, 0.717) is 6.04 Å². The molecule has 0 saturated heterocycles. The number of benzene rings is 1. The van der Waals surface area contributed by atoms with Crippen LogP contribution in [0.1, 0.15) is 52.0 Å². The van der Waals surface area contributed by atoms with Gasteiger partial charge in [0, 0.05) is 11.7 Å². The molecule has 0 amide bonds. The van der Waals surface area contributed by atoms with Gasteiger partial charge >= 0.3 is 0 Å². The highest BCUT2D eigenvalue weighted by Gasteiger charge is 2.08. The average molecular weight is 262 g/mol. The maximum Gasteiger partial charge on any atom is 0.0316 e. The largest absolute Gasteiger partial charge is 0.399 e. The fraction of sp³-hybridized carbons (Fsp3) is 0.647. The number of rotatable bonds is 9. The number of hydrogen-bond acceptors (Lipinski definition) is 2. The van der Waals surface area contributed by atoms with Gasteiger partial charge in [0.2, 0.25) is 0 Å². The van der Waals surface area contributed by atoms with Crippen LogP contribution in [-0.2, 0) is 6.42 Å². The smallest absolute Gasteiger partial charge is 0.0316 e. The second-order valence-electron chi connectivity index (χ2n) is 5.69. The third-order valence-electron chi connectivity index (χ3n) is 3.64. The van der Waals surface area contributed by atoms with Gasteiger partial charge in [-0.1, -0.05) is 31.9 Å². The predicted molar refractivity (Wildman–Crippen MR) is 85.4 cm³/mol. The van der Waals surface area contributed by atoms with Gasteiger partial charge in [-0.2, -0.15) is 0 Å². The molecule has 0 aliphatic heterocycles. The minimum atomic E-state index is 0.651. The number of nitrogens with zero attached hydrogens (tertiary/aromatic N) is 1. The summed E-state index contributed by atoms with van der Waals surface area (Å²) in [6, 6.07) is 8.92. The molecular weight excluding hydrogens is 232 g/mol. The summed E-state index contributed by atoms with van der Waals surface area (Å²) >= 11 is 0. The van der Waals surface area contributed by atoms with Crippen LogP contribution in [0.3, 0.4) is 0 Å². The van der Waals surface area contributed by atoms with Crippen molar-refractivity contribution in [3.8, 4) is 0 Å². The molecule has 1 aromatic rings. The van der Waals surface area contributed by atoms with Gasteiger partial charge in [-0.05, 0) is 63.9 Å². The van der Waals surface area contributed by atoms with E-state index in [-0.39, 0.29) is 0 Å². The lowest BCUT2D eigenvalue weighted by atomic mass is 10.1. The quantitative estimate of drug-likeness (QED) is 0.536. The fourth-order valence-electron chi connectivity index (χ4n) is 2.43. The molecule has 0 aromatic heterocycles. The van der Waals surface area contributed by atoms with E-state index in [9.17, 15) is 0 Å². The highest BCUT2D eigenvalue weighted by Crippen LogP contribution is 2.10. The number of aryl methyl sites for hydroxylation is 1. The van der Waals surface area contributed by atoms with Crippen LogP contribution in [0.5, 0.6) is 0 Å². The van der Waals surface area contributed by atoms with E-state index < -0.39 is 0 Å². The maximum absolute atomic E-state index is 5.81. The molecule has 0 fully saturated rings. The van der Waals surface area contributed by atoms with Gasteiger partial charge in [-0.15, -0.1) is 0 Å². The third-order valence-corrected chi connectivity index (χ3v) is 3.64. The molecule has 2 N–H and O–H groups in total. The van der Waals surface area contributed by atoms with Crippen LogP contribution in [-0.4, -0.2) is 24.0 Å². The van der Waals surface area contributed by atoms with Gasteiger partial charge in [0.15, 0.2) is 0 Å². The monoisotopic (exact) mass is 262 g/mol. The number of anilines is 1. The van der Waals surface area contributed by atoms with Crippen molar-refractivity contribution in [3.63, 3.8) is 0 Å². The fourth-order valence-corrected chi connectivity index (χ4v) is 2.43. The van der Waals surface area contributed by atoms with E-state index >= 15 is 0 Å². The van der Waals surface area contributed by atoms with E-state index in [1.54, 1.807) is 0 Å². The first-order valence-electron chi connectivity index (χ1n) is 7.72. The molecule has 0 heterocycles. The van der Waals surface area contributed by atoms with E-state index in [1.165, 1.54) is 44.3 Å². The van der Waals surface area contributed by atoms with Crippen LogP contribution in [0.25, 0.3) is 0 Å². The van der Waals surface area contributed by atoms with Crippen molar-refractivity contribution in [1.82, 2.24) is 4.90 Å². The molecule has 0 unspecified atom stereocenters. The van der Waals surface area contributed by atoms with E-state index in [0.717, 1.165) is 12.1 Å². The van der Waals surface area contributed by atoms with Crippen molar-refractivity contribution in [2.45, 2.75) is 58.9 Å². The molecule has 2 heteroatoms. The summed E-state index contributed by atoms with van der Waals surface area (Å²) in [7, 11) is 0. The Bertz CT molecular complexity index is 347. The van der Waals surface area contributed by atoms with Crippen LogP contribution in [0.15, 0.2) is 24.3 Å². The van der Waals surface area contributed by atoms with Crippen LogP contribution in [0.2, 0.25) is 0 Å². The zero-order valence-corrected chi connectivity index (χ0v) is 12.9. The number of nitrogen functional groups attached to an aromatic ring is 1. The van der Waals surface area contributed by atoms with Gasteiger partial charge in [0.25, 0.3) is 0 Å². The van der Waals surface area contributed by atoms with Crippen LogP contribution < -0.4 is 5.73 Å². The van der Waals surface area contributed by atoms with Gasteiger partial charge in [-0.3, -0.25) is 0 Å². The summed E-state index contributed by atoms with van der Waals surface area (Å²) < 4.78 is 0. The minimum Gasteiger partial charge on any atom is -0.399 e. The predicted octanol–water partition coefficient (Wildman–Crippen LogP) is 4.10. The zero-order chi connectivity index (χ0) is 14.1. The van der Waals surface area contributed by atoms with Gasteiger partial charge in [0.05, 0.1) is 0 Å². The van der Waals surface area contributed by atoms with Gasteiger partial charge < -0.3 is 10.6 Å². The standard InChI is InChI=1S/C17H30N2/c1-4-5-6-12-19(15(2)3)13-8-10-16-9-7-11-17(18)14-16/h7,9,11,14-15H,4-6,8,10,12-13,18H2,1-3H3. The topological polar surface area (TPSA) is 29.3 Å². The number of hydrogen-bond donors (Lipinski definition) is 1. The molecule has 0 aliphatic rings. The summed E-state index contributed by atoms with van der Waals surface area (Å²) in [5, 5.41) is 0. The van der Waals surface area contributed by atoms with Crippen molar-refractivity contribution < 1.29 is 0 Å². The molecule has 0 aliphatic carbocycles. The Morgan fingerprint density at radius 3 is 2.47 bits per heavy atom. The Labute approximate surface area is 119 Å². The molecule has 0 radical (unpaired) electrons. The van der Waals surface area contributed by atoms with Crippen molar-refractivity contribution in [2.75, 3.05) is 18.8 Å². The summed E-state index contributed by atoms with van der Waals surface area (Å²) in [5.41, 5.74) is 8.04. The lowest BCUT2D eigenvalue weighted by Crippen LogP contribution is -2.33. The van der Waals surface area contributed by atoms with E-state index in [2.05, 4.69) is 37.8 Å². The molecular formula is C17H30N2.